The van der Waals surface area contributed by atoms with Gasteiger partial charge in [0.2, 0.25) is 0 Å². The van der Waals surface area contributed by atoms with E-state index in [2.05, 4.69) is 16.8 Å². The number of rotatable bonds is 6. The number of halogens is 1. The summed E-state index contributed by atoms with van der Waals surface area (Å²) in [7, 11) is 0. The third kappa shape index (κ3) is 3.33. The fraction of sp³-hybridized carbons (Fsp3) is 0.615. The van der Waals surface area contributed by atoms with Crippen LogP contribution in [0.5, 0.6) is 0 Å². The van der Waals surface area contributed by atoms with Crippen molar-refractivity contribution in [1.29, 1.82) is 0 Å². The van der Waals surface area contributed by atoms with Crippen LogP contribution >= 0.6 is 11.6 Å². The maximum absolute atomic E-state index is 5.96. The fourth-order valence-electron chi connectivity index (χ4n) is 2.07. The second-order valence-corrected chi connectivity index (χ2v) is 5.17. The lowest BCUT2D eigenvalue weighted by molar-refractivity contribution is 0.694. The van der Waals surface area contributed by atoms with Crippen LogP contribution in [0.25, 0.3) is 0 Å². The maximum atomic E-state index is 5.96. The quantitative estimate of drug-likeness (QED) is 0.848. The van der Waals surface area contributed by atoms with E-state index in [0.717, 1.165) is 36.8 Å². The molecule has 1 aliphatic rings. The zero-order valence-electron chi connectivity index (χ0n) is 10.3. The van der Waals surface area contributed by atoms with Gasteiger partial charge in [-0.3, -0.25) is 0 Å². The average molecular weight is 254 g/mol. The summed E-state index contributed by atoms with van der Waals surface area (Å²) in [5.41, 5.74) is 6.82. The van der Waals surface area contributed by atoms with Crippen molar-refractivity contribution < 1.29 is 0 Å². The first-order chi connectivity index (χ1) is 8.24. The standard InChI is InChI=1S/C13H20ClN3/c1-2-5-17(9-10-3-4-10)13-11(7-15)6-12(14)8-16-13/h6,8,10H,2-5,7,9,15H2,1H3. The van der Waals surface area contributed by atoms with Gasteiger partial charge in [0.1, 0.15) is 5.82 Å². The number of hydrogen-bond acceptors (Lipinski definition) is 3. The average Bonchev–Trinajstić information content (AvgIpc) is 3.12. The predicted octanol–water partition coefficient (Wildman–Crippen LogP) is 2.82. The number of nitrogens with zero attached hydrogens (tertiary/aromatic N) is 2. The molecule has 0 radical (unpaired) electrons. The summed E-state index contributed by atoms with van der Waals surface area (Å²) in [6.07, 6.45) is 5.55. The molecule has 0 atom stereocenters. The molecule has 1 aliphatic carbocycles. The molecular weight excluding hydrogens is 234 g/mol. The Morgan fingerprint density at radius 2 is 2.29 bits per heavy atom. The molecule has 1 saturated carbocycles. The Morgan fingerprint density at radius 3 is 2.88 bits per heavy atom. The first-order valence-corrected chi connectivity index (χ1v) is 6.71. The lowest BCUT2D eigenvalue weighted by Gasteiger charge is -2.25. The topological polar surface area (TPSA) is 42.2 Å². The van der Waals surface area contributed by atoms with E-state index >= 15 is 0 Å². The minimum absolute atomic E-state index is 0.494. The van der Waals surface area contributed by atoms with E-state index in [1.807, 2.05) is 6.07 Å². The number of aromatic nitrogens is 1. The monoisotopic (exact) mass is 253 g/mol. The highest BCUT2D eigenvalue weighted by Gasteiger charge is 2.25. The number of anilines is 1. The van der Waals surface area contributed by atoms with Crippen molar-refractivity contribution in [2.75, 3.05) is 18.0 Å². The molecule has 1 heterocycles. The van der Waals surface area contributed by atoms with Crippen molar-refractivity contribution in [3.8, 4) is 0 Å². The Bertz CT molecular complexity index is 377. The molecular formula is C13H20ClN3. The summed E-state index contributed by atoms with van der Waals surface area (Å²) in [4.78, 5) is 6.82. The Labute approximate surface area is 108 Å². The van der Waals surface area contributed by atoms with Gasteiger partial charge in [0.25, 0.3) is 0 Å². The van der Waals surface area contributed by atoms with Crippen molar-refractivity contribution in [1.82, 2.24) is 4.98 Å². The summed E-state index contributed by atoms with van der Waals surface area (Å²) in [6.45, 7) is 4.83. The zero-order chi connectivity index (χ0) is 12.3. The highest BCUT2D eigenvalue weighted by atomic mass is 35.5. The zero-order valence-corrected chi connectivity index (χ0v) is 11.1. The first-order valence-electron chi connectivity index (χ1n) is 6.34. The van der Waals surface area contributed by atoms with Gasteiger partial charge in [0, 0.05) is 31.4 Å². The van der Waals surface area contributed by atoms with Gasteiger partial charge in [-0.15, -0.1) is 0 Å². The Balaban J connectivity index is 2.20. The van der Waals surface area contributed by atoms with Crippen LogP contribution in [0, 0.1) is 5.92 Å². The van der Waals surface area contributed by atoms with Crippen LogP contribution in [0.4, 0.5) is 5.82 Å². The van der Waals surface area contributed by atoms with E-state index in [4.69, 9.17) is 17.3 Å². The number of pyridine rings is 1. The molecule has 0 bridgehead atoms. The summed E-state index contributed by atoms with van der Waals surface area (Å²) in [6, 6.07) is 1.93. The second-order valence-electron chi connectivity index (χ2n) is 4.73. The van der Waals surface area contributed by atoms with Gasteiger partial charge in [-0.1, -0.05) is 18.5 Å². The van der Waals surface area contributed by atoms with Gasteiger partial charge in [-0.05, 0) is 31.2 Å². The molecule has 1 aromatic heterocycles. The molecule has 94 valence electrons. The van der Waals surface area contributed by atoms with Crippen LogP contribution < -0.4 is 10.6 Å². The molecule has 0 aromatic carbocycles. The van der Waals surface area contributed by atoms with Crippen molar-refractivity contribution >= 4 is 17.4 Å². The molecule has 0 saturated heterocycles. The minimum atomic E-state index is 0.494. The van der Waals surface area contributed by atoms with Gasteiger partial charge in [-0.25, -0.2) is 4.98 Å². The number of hydrogen-bond donors (Lipinski definition) is 1. The lowest BCUT2D eigenvalue weighted by Crippen LogP contribution is -2.29. The van der Waals surface area contributed by atoms with Crippen LogP contribution in [-0.4, -0.2) is 18.1 Å². The van der Waals surface area contributed by atoms with Gasteiger partial charge in [-0.2, -0.15) is 0 Å². The van der Waals surface area contributed by atoms with Crippen molar-refractivity contribution in [2.45, 2.75) is 32.7 Å². The van der Waals surface area contributed by atoms with E-state index in [0.29, 0.717) is 11.6 Å². The number of nitrogens with two attached hydrogens (primary N) is 1. The minimum Gasteiger partial charge on any atom is -0.356 e. The molecule has 0 aliphatic heterocycles. The predicted molar refractivity (Wildman–Crippen MR) is 72.4 cm³/mol. The van der Waals surface area contributed by atoms with E-state index in [-0.39, 0.29) is 0 Å². The Morgan fingerprint density at radius 1 is 1.53 bits per heavy atom. The lowest BCUT2D eigenvalue weighted by atomic mass is 10.2. The van der Waals surface area contributed by atoms with Crippen molar-refractivity contribution in [3.05, 3.63) is 22.8 Å². The van der Waals surface area contributed by atoms with E-state index in [9.17, 15) is 0 Å². The van der Waals surface area contributed by atoms with Gasteiger partial charge >= 0.3 is 0 Å². The normalized spacial score (nSPS) is 15.0. The molecule has 1 fully saturated rings. The molecule has 0 amide bonds. The highest BCUT2D eigenvalue weighted by Crippen LogP contribution is 2.32. The Kier molecular flexibility index (Phi) is 4.24. The molecule has 4 heteroatoms. The fourth-order valence-corrected chi connectivity index (χ4v) is 2.26. The summed E-state index contributed by atoms with van der Waals surface area (Å²) in [5, 5.41) is 0.664. The van der Waals surface area contributed by atoms with Crippen LogP contribution in [0.3, 0.4) is 0 Å². The van der Waals surface area contributed by atoms with E-state index in [1.54, 1.807) is 6.20 Å². The third-order valence-electron chi connectivity index (χ3n) is 3.10. The summed E-state index contributed by atoms with van der Waals surface area (Å²) in [5.74, 6) is 1.87. The van der Waals surface area contributed by atoms with E-state index < -0.39 is 0 Å². The van der Waals surface area contributed by atoms with Crippen LogP contribution in [-0.2, 0) is 6.54 Å². The Hall–Kier alpha value is -0.800. The molecule has 0 unspecified atom stereocenters. The van der Waals surface area contributed by atoms with Gasteiger partial charge in [0.05, 0.1) is 5.02 Å². The molecule has 0 spiro atoms. The molecule has 1 aromatic rings. The van der Waals surface area contributed by atoms with Crippen LogP contribution in [0.15, 0.2) is 12.3 Å². The van der Waals surface area contributed by atoms with Gasteiger partial charge < -0.3 is 10.6 Å². The van der Waals surface area contributed by atoms with Crippen molar-refractivity contribution in [2.24, 2.45) is 11.7 Å². The SMILES string of the molecule is CCCN(CC1CC1)c1ncc(Cl)cc1CN. The molecule has 2 N–H and O–H groups in total. The van der Waals surface area contributed by atoms with Crippen LogP contribution in [0.1, 0.15) is 31.7 Å². The largest absolute Gasteiger partial charge is 0.356 e. The highest BCUT2D eigenvalue weighted by molar-refractivity contribution is 6.30. The van der Waals surface area contributed by atoms with Gasteiger partial charge in [0.15, 0.2) is 0 Å². The molecule has 17 heavy (non-hydrogen) atoms. The van der Waals surface area contributed by atoms with Crippen molar-refractivity contribution in [3.63, 3.8) is 0 Å². The van der Waals surface area contributed by atoms with E-state index in [1.165, 1.54) is 12.8 Å². The third-order valence-corrected chi connectivity index (χ3v) is 3.30. The second kappa shape index (κ2) is 5.69. The van der Waals surface area contributed by atoms with Crippen LogP contribution in [0.2, 0.25) is 5.02 Å². The summed E-state index contributed by atoms with van der Waals surface area (Å²) >= 11 is 5.96. The smallest absolute Gasteiger partial charge is 0.133 e. The summed E-state index contributed by atoms with van der Waals surface area (Å²) < 4.78 is 0. The first kappa shape index (κ1) is 12.7. The molecule has 2 rings (SSSR count). The maximum Gasteiger partial charge on any atom is 0.133 e. The molecule has 3 nitrogen and oxygen atoms in total.